The van der Waals surface area contributed by atoms with Crippen molar-refractivity contribution in [2.75, 3.05) is 7.11 Å². The van der Waals surface area contributed by atoms with E-state index in [-0.39, 0.29) is 11.7 Å². The van der Waals surface area contributed by atoms with Crippen LogP contribution in [-0.2, 0) is 17.6 Å². The third-order valence-electron chi connectivity index (χ3n) is 4.85. The Morgan fingerprint density at radius 2 is 2.19 bits per heavy atom. The molecular weight excluding hydrogens is 340 g/mol. The summed E-state index contributed by atoms with van der Waals surface area (Å²) in [6, 6.07) is 6.89. The number of alkyl halides is 2. The maximum absolute atomic E-state index is 12.4. The number of fused-ring (bicyclic) bond motifs is 1. The van der Waals surface area contributed by atoms with Gasteiger partial charge in [-0.05, 0) is 72.9 Å². The lowest BCUT2D eigenvalue weighted by atomic mass is 9.79. The number of aromatic nitrogens is 1. The Morgan fingerprint density at radius 3 is 2.96 bits per heavy atom. The number of carbonyl (C=O) groups is 1. The van der Waals surface area contributed by atoms with Gasteiger partial charge in [0.15, 0.2) is 0 Å². The van der Waals surface area contributed by atoms with Crippen molar-refractivity contribution in [3.05, 3.63) is 58.9 Å². The molecule has 0 saturated heterocycles. The van der Waals surface area contributed by atoms with Crippen LogP contribution >= 0.6 is 0 Å². The Kier molecular flexibility index (Phi) is 5.81. The third kappa shape index (κ3) is 4.18. The smallest absolute Gasteiger partial charge is 0.387 e. The van der Waals surface area contributed by atoms with Crippen molar-refractivity contribution >= 4 is 5.97 Å². The quantitative estimate of drug-likeness (QED) is 0.710. The molecule has 0 fully saturated rings. The predicted molar refractivity (Wildman–Crippen MR) is 92.7 cm³/mol. The topological polar surface area (TPSA) is 48.4 Å². The minimum Gasteiger partial charge on any atom is -0.465 e. The summed E-state index contributed by atoms with van der Waals surface area (Å²) in [6.45, 7) is -2.81. The molecule has 2 aromatic rings. The molecule has 0 radical (unpaired) electrons. The van der Waals surface area contributed by atoms with E-state index in [1.807, 2.05) is 6.07 Å². The van der Waals surface area contributed by atoms with E-state index in [9.17, 15) is 13.6 Å². The van der Waals surface area contributed by atoms with Crippen molar-refractivity contribution in [3.8, 4) is 5.75 Å². The summed E-state index contributed by atoms with van der Waals surface area (Å²) in [5, 5.41) is 0. The summed E-state index contributed by atoms with van der Waals surface area (Å²) in [5.41, 5.74) is 3.66. The molecule has 0 saturated carbocycles. The van der Waals surface area contributed by atoms with Gasteiger partial charge in [-0.25, -0.2) is 4.79 Å². The van der Waals surface area contributed by atoms with Gasteiger partial charge in [0, 0.05) is 12.4 Å². The fourth-order valence-electron chi connectivity index (χ4n) is 3.63. The van der Waals surface area contributed by atoms with Gasteiger partial charge in [-0.2, -0.15) is 8.78 Å². The van der Waals surface area contributed by atoms with Crippen LogP contribution in [0, 0.1) is 0 Å². The van der Waals surface area contributed by atoms with Crippen LogP contribution < -0.4 is 4.74 Å². The van der Waals surface area contributed by atoms with Crippen molar-refractivity contribution in [2.45, 2.75) is 44.6 Å². The van der Waals surface area contributed by atoms with Crippen LogP contribution in [0.2, 0.25) is 0 Å². The molecule has 26 heavy (non-hydrogen) atoms. The first-order valence-corrected chi connectivity index (χ1v) is 8.67. The number of rotatable bonds is 6. The third-order valence-corrected chi connectivity index (χ3v) is 4.85. The maximum Gasteiger partial charge on any atom is 0.387 e. The highest BCUT2D eigenvalue weighted by atomic mass is 19.3. The number of aryl methyl sites for hydroxylation is 2. The van der Waals surface area contributed by atoms with E-state index in [1.54, 1.807) is 30.6 Å². The molecule has 0 amide bonds. The van der Waals surface area contributed by atoms with Crippen LogP contribution in [-0.4, -0.2) is 24.7 Å². The van der Waals surface area contributed by atoms with E-state index in [1.165, 1.54) is 12.7 Å². The Morgan fingerprint density at radius 1 is 1.35 bits per heavy atom. The highest BCUT2D eigenvalue weighted by Crippen LogP contribution is 2.37. The second-order valence-electron chi connectivity index (χ2n) is 6.39. The molecule has 3 rings (SSSR count). The first-order valence-electron chi connectivity index (χ1n) is 8.67. The summed E-state index contributed by atoms with van der Waals surface area (Å²) in [5.74, 6) is 0.171. The maximum atomic E-state index is 12.4. The van der Waals surface area contributed by atoms with E-state index in [0.717, 1.165) is 36.8 Å². The largest absolute Gasteiger partial charge is 0.465 e. The van der Waals surface area contributed by atoms with Crippen LogP contribution in [0.4, 0.5) is 8.78 Å². The first-order chi connectivity index (χ1) is 12.6. The summed E-state index contributed by atoms with van der Waals surface area (Å²) < 4.78 is 34.1. The van der Waals surface area contributed by atoms with E-state index >= 15 is 0 Å². The Balaban J connectivity index is 1.74. The predicted octanol–water partition coefficient (Wildman–Crippen LogP) is 4.52. The van der Waals surface area contributed by atoms with Crippen molar-refractivity contribution in [1.29, 1.82) is 0 Å². The van der Waals surface area contributed by atoms with Gasteiger partial charge in [0.2, 0.25) is 0 Å². The minimum atomic E-state index is -2.81. The van der Waals surface area contributed by atoms with Crippen LogP contribution in [0.1, 0.15) is 52.2 Å². The van der Waals surface area contributed by atoms with Gasteiger partial charge < -0.3 is 9.47 Å². The number of benzene rings is 1. The lowest BCUT2D eigenvalue weighted by molar-refractivity contribution is -0.0499. The second-order valence-corrected chi connectivity index (χ2v) is 6.39. The van der Waals surface area contributed by atoms with Crippen molar-refractivity contribution in [2.24, 2.45) is 0 Å². The van der Waals surface area contributed by atoms with Gasteiger partial charge in [0.05, 0.1) is 12.7 Å². The number of hydrogen-bond acceptors (Lipinski definition) is 4. The van der Waals surface area contributed by atoms with Gasteiger partial charge in [0.25, 0.3) is 0 Å². The zero-order valence-corrected chi connectivity index (χ0v) is 14.6. The molecule has 1 aliphatic carbocycles. The van der Waals surface area contributed by atoms with E-state index in [2.05, 4.69) is 9.72 Å². The number of nitrogens with zero attached hydrogens (tertiary/aromatic N) is 1. The van der Waals surface area contributed by atoms with E-state index < -0.39 is 6.61 Å². The molecular formula is C20H21F2NO3. The molecule has 0 N–H and O–H groups in total. The normalized spacial score (nSPS) is 16.2. The van der Waals surface area contributed by atoms with Crippen LogP contribution in [0.5, 0.6) is 5.75 Å². The standard InChI is InChI=1S/C20H21F2NO3/c1-25-19(24)18-9-10-23-12-15(18)6-5-13-3-2-4-14-11-16(26-20(21)22)7-8-17(13)14/h7-13,20H,2-6H2,1H3/t13-/m1/s1. The average molecular weight is 361 g/mol. The number of hydrogen-bond donors (Lipinski definition) is 0. The summed E-state index contributed by atoms with van der Waals surface area (Å²) in [7, 11) is 1.36. The SMILES string of the molecule is COC(=O)c1ccncc1CC[C@H]1CCCc2cc(OC(F)F)ccc21. The highest BCUT2D eigenvalue weighted by Gasteiger charge is 2.22. The molecule has 0 aliphatic heterocycles. The number of carbonyl (C=O) groups excluding carboxylic acids is 1. The average Bonchev–Trinajstić information content (AvgIpc) is 2.65. The number of esters is 1. The van der Waals surface area contributed by atoms with Gasteiger partial charge in [-0.1, -0.05) is 6.07 Å². The molecule has 1 heterocycles. The molecule has 0 bridgehead atoms. The highest BCUT2D eigenvalue weighted by molar-refractivity contribution is 5.90. The summed E-state index contributed by atoms with van der Waals surface area (Å²) in [6.07, 6.45) is 7.76. The van der Waals surface area contributed by atoms with E-state index in [0.29, 0.717) is 17.9 Å². The molecule has 1 aromatic heterocycles. The van der Waals surface area contributed by atoms with Gasteiger partial charge >= 0.3 is 12.6 Å². The first kappa shape index (κ1) is 18.3. The Bertz CT molecular complexity index is 779. The van der Waals surface area contributed by atoms with E-state index in [4.69, 9.17) is 4.74 Å². The lowest BCUT2D eigenvalue weighted by Crippen LogP contribution is -2.13. The fourth-order valence-corrected chi connectivity index (χ4v) is 3.63. The molecule has 1 aromatic carbocycles. The summed E-state index contributed by atoms with van der Waals surface area (Å²) in [4.78, 5) is 16.0. The van der Waals surface area contributed by atoms with Crippen LogP contribution in [0.15, 0.2) is 36.7 Å². The van der Waals surface area contributed by atoms with Gasteiger partial charge in [-0.3, -0.25) is 4.98 Å². The van der Waals surface area contributed by atoms with Crippen molar-refractivity contribution < 1.29 is 23.0 Å². The van der Waals surface area contributed by atoms with Crippen LogP contribution in [0.3, 0.4) is 0 Å². The number of pyridine rings is 1. The minimum absolute atomic E-state index is 0.208. The fraction of sp³-hybridized carbons (Fsp3) is 0.400. The van der Waals surface area contributed by atoms with Gasteiger partial charge in [-0.15, -0.1) is 0 Å². The Hall–Kier alpha value is -2.50. The van der Waals surface area contributed by atoms with Crippen molar-refractivity contribution in [1.82, 2.24) is 4.98 Å². The number of methoxy groups -OCH3 is 1. The van der Waals surface area contributed by atoms with Gasteiger partial charge in [0.1, 0.15) is 5.75 Å². The Labute approximate surface area is 151 Å². The summed E-state index contributed by atoms with van der Waals surface area (Å²) >= 11 is 0. The van der Waals surface area contributed by atoms with Crippen LogP contribution in [0.25, 0.3) is 0 Å². The second kappa shape index (κ2) is 8.25. The molecule has 6 heteroatoms. The van der Waals surface area contributed by atoms with Crippen molar-refractivity contribution in [3.63, 3.8) is 0 Å². The lowest BCUT2D eigenvalue weighted by Gasteiger charge is -2.26. The zero-order chi connectivity index (χ0) is 18.5. The molecule has 0 spiro atoms. The zero-order valence-electron chi connectivity index (χ0n) is 14.6. The number of ether oxygens (including phenoxy) is 2. The molecule has 4 nitrogen and oxygen atoms in total. The molecule has 1 aliphatic rings. The molecule has 1 atom stereocenters. The molecule has 0 unspecified atom stereocenters. The number of halogens is 2. The molecule has 138 valence electrons. The monoisotopic (exact) mass is 361 g/mol.